The topological polar surface area (TPSA) is 78.5 Å². The molecule has 3 aromatic rings. The first-order chi connectivity index (χ1) is 14.8. The third-order valence-electron chi connectivity index (χ3n) is 4.39. The van der Waals surface area contributed by atoms with Crippen LogP contribution in [-0.4, -0.2) is 32.1 Å². The van der Waals surface area contributed by atoms with E-state index in [0.717, 1.165) is 10.0 Å². The number of halogens is 2. The monoisotopic (exact) mass is 560 g/mol. The highest BCUT2D eigenvalue weighted by atomic mass is 79.9. The van der Waals surface area contributed by atoms with Crippen LogP contribution in [0.1, 0.15) is 28.7 Å². The van der Waals surface area contributed by atoms with Crippen LogP contribution >= 0.6 is 44.1 Å². The van der Waals surface area contributed by atoms with Crippen LogP contribution in [0.2, 0.25) is 0 Å². The van der Waals surface area contributed by atoms with Crippen LogP contribution in [-0.2, 0) is 4.79 Å². The van der Waals surface area contributed by atoms with E-state index in [4.69, 9.17) is 17.0 Å². The summed E-state index contributed by atoms with van der Waals surface area (Å²) >= 11 is 12.2. The summed E-state index contributed by atoms with van der Waals surface area (Å²) in [7, 11) is 0. The fourth-order valence-corrected chi connectivity index (χ4v) is 4.80. The molecule has 4 rings (SSSR count). The molecule has 0 atom stereocenters. The smallest absolute Gasteiger partial charge is 0.308 e. The first-order valence-electron chi connectivity index (χ1n) is 9.03. The Labute approximate surface area is 199 Å². The summed E-state index contributed by atoms with van der Waals surface area (Å²) in [5.41, 5.74) is 1.42. The highest BCUT2D eigenvalue weighted by Crippen LogP contribution is 2.35. The predicted octanol–water partition coefficient (Wildman–Crippen LogP) is 5.16. The van der Waals surface area contributed by atoms with Gasteiger partial charge in [0.1, 0.15) is 11.5 Å². The van der Waals surface area contributed by atoms with Gasteiger partial charge in [0.05, 0.1) is 4.47 Å². The van der Waals surface area contributed by atoms with Crippen molar-refractivity contribution in [2.75, 3.05) is 0 Å². The average molecular weight is 562 g/mol. The Morgan fingerprint density at radius 1 is 1.16 bits per heavy atom. The molecule has 1 aromatic heterocycles. The molecule has 0 radical (unpaired) electrons. The summed E-state index contributed by atoms with van der Waals surface area (Å²) in [6.07, 6.45) is 1.57. The van der Waals surface area contributed by atoms with E-state index in [2.05, 4.69) is 41.8 Å². The minimum Gasteiger partial charge on any atom is -0.425 e. The Balaban J connectivity index is 1.97. The zero-order chi connectivity index (χ0) is 22.3. The molecule has 0 amide bonds. The fourth-order valence-electron chi connectivity index (χ4n) is 3.16. The molecule has 0 bridgehead atoms. The number of aryl methyl sites for hydroxylation is 1. The van der Waals surface area contributed by atoms with Crippen LogP contribution < -0.4 is 4.74 Å². The number of nitrogens with zero attached hydrogens (tertiary/aromatic N) is 4. The summed E-state index contributed by atoms with van der Waals surface area (Å²) in [5, 5.41) is 0. The van der Waals surface area contributed by atoms with Crippen molar-refractivity contribution in [3.05, 3.63) is 78.8 Å². The van der Waals surface area contributed by atoms with Crippen LogP contribution in [0.5, 0.6) is 5.75 Å². The van der Waals surface area contributed by atoms with Crippen LogP contribution in [0, 0.1) is 11.7 Å². The summed E-state index contributed by atoms with van der Waals surface area (Å²) in [6.45, 7) is 3.02. The Morgan fingerprint density at radius 2 is 1.87 bits per heavy atom. The fraction of sp³-hybridized carbons (Fsp3) is 0.0952. The molecular weight excluding hydrogens is 548 g/mol. The Morgan fingerprint density at radius 3 is 2.55 bits per heavy atom. The second-order valence-corrected chi connectivity index (χ2v) is 8.74. The molecule has 0 spiro atoms. The highest BCUT2D eigenvalue weighted by molar-refractivity contribution is 9.11. The number of fused-ring (bicyclic) bond motifs is 1. The second kappa shape index (κ2) is 8.45. The maximum absolute atomic E-state index is 13.3. The number of rotatable bonds is 3. The summed E-state index contributed by atoms with van der Waals surface area (Å²) in [5.74, 6) is 0.327. The van der Waals surface area contributed by atoms with Crippen molar-refractivity contribution in [2.45, 2.75) is 13.8 Å². The maximum atomic E-state index is 13.3. The minimum atomic E-state index is -0.481. The van der Waals surface area contributed by atoms with Crippen molar-refractivity contribution in [1.29, 1.82) is 0 Å². The Kier molecular flexibility index (Phi) is 5.87. The molecule has 0 fully saturated rings. The third kappa shape index (κ3) is 4.10. The van der Waals surface area contributed by atoms with Crippen molar-refractivity contribution < 1.29 is 14.3 Å². The van der Waals surface area contributed by atoms with Crippen LogP contribution in [0.3, 0.4) is 0 Å². The van der Waals surface area contributed by atoms with E-state index in [9.17, 15) is 9.59 Å². The molecule has 2 aromatic carbocycles. The Bertz CT molecular complexity index is 1360. The van der Waals surface area contributed by atoms with Gasteiger partial charge in [-0.3, -0.25) is 9.59 Å². The van der Waals surface area contributed by atoms with E-state index in [1.807, 2.05) is 30.3 Å². The number of aliphatic imine (C=N–C) groups is 1. The van der Waals surface area contributed by atoms with E-state index >= 15 is 0 Å². The van der Waals surface area contributed by atoms with Crippen LogP contribution in [0.25, 0.3) is 6.08 Å². The largest absolute Gasteiger partial charge is 0.425 e. The van der Waals surface area contributed by atoms with Gasteiger partial charge in [0, 0.05) is 22.5 Å². The van der Waals surface area contributed by atoms with Gasteiger partial charge in [-0.25, -0.2) is 9.98 Å². The summed E-state index contributed by atoms with van der Waals surface area (Å²) in [6, 6.07) is 12.9. The maximum Gasteiger partial charge on any atom is 0.308 e. The van der Waals surface area contributed by atoms with E-state index < -0.39 is 11.9 Å². The third-order valence-corrected chi connectivity index (χ3v) is 5.70. The van der Waals surface area contributed by atoms with Gasteiger partial charge < -0.3 is 4.74 Å². The molecule has 31 heavy (non-hydrogen) atoms. The van der Waals surface area contributed by atoms with Gasteiger partial charge in [0.2, 0.25) is 4.77 Å². The second-order valence-electron chi connectivity index (χ2n) is 6.60. The number of ether oxygens (including phenoxy) is 1. The zero-order valence-corrected chi connectivity index (χ0v) is 20.3. The van der Waals surface area contributed by atoms with E-state index in [1.165, 1.54) is 16.3 Å². The molecule has 2 heterocycles. The lowest BCUT2D eigenvalue weighted by molar-refractivity contribution is -0.131. The molecule has 0 saturated carbocycles. The normalized spacial score (nSPS) is 14.4. The molecule has 156 valence electrons. The Hall–Kier alpha value is -2.69. The number of benzene rings is 2. The quantitative estimate of drug-likeness (QED) is 0.191. The minimum absolute atomic E-state index is 0.146. The van der Waals surface area contributed by atoms with Crippen molar-refractivity contribution in [2.24, 2.45) is 4.99 Å². The number of aromatic nitrogens is 3. The average Bonchev–Trinajstić information content (AvgIpc) is 3.01. The first-order valence-corrected chi connectivity index (χ1v) is 11.0. The van der Waals surface area contributed by atoms with Gasteiger partial charge in [-0.15, -0.1) is 0 Å². The molecule has 0 unspecified atom stereocenters. The van der Waals surface area contributed by atoms with Crippen molar-refractivity contribution in [1.82, 2.24) is 14.3 Å². The SMILES string of the molecule is CC(=O)Oc1c(Br)cc(Br)cc1/C=C1\N=C(c2ccccc2)n2c(=S)nc(C)n2C1=O. The number of hydrogen-bond donors (Lipinski definition) is 0. The van der Waals surface area contributed by atoms with Gasteiger partial charge in [0.25, 0.3) is 5.91 Å². The van der Waals surface area contributed by atoms with Crippen molar-refractivity contribution >= 4 is 67.9 Å². The number of esters is 1. The van der Waals surface area contributed by atoms with Crippen LogP contribution in [0.4, 0.5) is 0 Å². The molecule has 10 heteroatoms. The lowest BCUT2D eigenvalue weighted by Gasteiger charge is -2.20. The lowest BCUT2D eigenvalue weighted by atomic mass is 10.1. The standard InChI is InChI=1S/C21H14Br2N4O3S/c1-11-24-21(31)27-19(13-6-4-3-5-7-13)25-17(20(29)26(11)27)9-14-8-15(22)10-16(23)18(14)30-12(2)28/h3-10H,1-2H3/b17-9-. The molecule has 1 aliphatic heterocycles. The number of hydrogen-bond acceptors (Lipinski definition) is 6. The molecule has 7 nitrogen and oxygen atoms in total. The molecule has 0 aliphatic carbocycles. The predicted molar refractivity (Wildman–Crippen MR) is 126 cm³/mol. The van der Waals surface area contributed by atoms with Gasteiger partial charge >= 0.3 is 5.97 Å². The first kappa shape index (κ1) is 21.5. The van der Waals surface area contributed by atoms with Gasteiger partial charge in [0.15, 0.2) is 11.6 Å². The van der Waals surface area contributed by atoms with Gasteiger partial charge in [-0.1, -0.05) is 46.3 Å². The lowest BCUT2D eigenvalue weighted by Crippen LogP contribution is -2.33. The van der Waals surface area contributed by atoms with E-state index in [-0.39, 0.29) is 16.2 Å². The van der Waals surface area contributed by atoms with Crippen LogP contribution in [0.15, 0.2) is 62.1 Å². The van der Waals surface area contributed by atoms with E-state index in [1.54, 1.807) is 25.1 Å². The summed E-state index contributed by atoms with van der Waals surface area (Å²) in [4.78, 5) is 33.8. The molecule has 1 aliphatic rings. The van der Waals surface area contributed by atoms with Crippen molar-refractivity contribution in [3.8, 4) is 5.75 Å². The van der Waals surface area contributed by atoms with Crippen molar-refractivity contribution in [3.63, 3.8) is 0 Å². The van der Waals surface area contributed by atoms with Gasteiger partial charge in [-0.2, -0.15) is 9.36 Å². The number of carbonyl (C=O) groups excluding carboxylic acids is 2. The number of carbonyl (C=O) groups is 2. The molecule has 0 N–H and O–H groups in total. The van der Waals surface area contributed by atoms with E-state index in [0.29, 0.717) is 21.7 Å². The summed E-state index contributed by atoms with van der Waals surface area (Å²) < 4.78 is 9.80. The molecule has 0 saturated heterocycles. The zero-order valence-electron chi connectivity index (χ0n) is 16.3. The highest BCUT2D eigenvalue weighted by Gasteiger charge is 2.28. The van der Waals surface area contributed by atoms with Gasteiger partial charge in [-0.05, 0) is 53.3 Å². The molecular formula is C21H14Br2N4O3S. The number of allylic oxidation sites excluding steroid dienone is 1.